The number of hydrogen-bond donors (Lipinski definition) is 2. The minimum Gasteiger partial charge on any atom is -0.481 e. The lowest BCUT2D eigenvalue weighted by Crippen LogP contribution is -2.12. The van der Waals surface area contributed by atoms with Crippen molar-refractivity contribution < 1.29 is 14.7 Å². The van der Waals surface area contributed by atoms with Crippen LogP contribution in [0, 0.1) is 0 Å². The lowest BCUT2D eigenvalue weighted by atomic mass is 10.3. The van der Waals surface area contributed by atoms with Crippen LogP contribution in [0.5, 0.6) is 0 Å². The third-order valence-electron chi connectivity index (χ3n) is 0.585. The summed E-state index contributed by atoms with van der Waals surface area (Å²) in [5.41, 5.74) is 4.64. The highest BCUT2D eigenvalue weighted by molar-refractivity contribution is 5.79. The van der Waals surface area contributed by atoms with Gasteiger partial charge in [-0.3, -0.25) is 9.59 Å². The maximum atomic E-state index is 9.86. The average Bonchev–Trinajstić information content (AvgIpc) is 1.85. The first-order valence-electron chi connectivity index (χ1n) is 3.54. The Balaban J connectivity index is 0. The number of carbonyl (C=O) groups excluding carboxylic acids is 1. The van der Waals surface area contributed by atoms with E-state index in [1.165, 1.54) is 6.42 Å². The third kappa shape index (κ3) is 27.7. The quantitative estimate of drug-likeness (QED) is 0.641. The summed E-state index contributed by atoms with van der Waals surface area (Å²) >= 11 is 0. The summed E-state index contributed by atoms with van der Waals surface area (Å²) in [5, 5.41) is 7.95. The second-order valence-corrected chi connectivity index (χ2v) is 2.07. The molecule has 0 aliphatic rings. The lowest BCUT2D eigenvalue weighted by molar-refractivity contribution is -0.138. The fraction of sp³-hybridized carbons (Fsp3) is 0.714. The van der Waals surface area contributed by atoms with Gasteiger partial charge in [-0.05, 0) is 0 Å². The number of amides is 1. The molecule has 0 aliphatic heterocycles. The topological polar surface area (TPSA) is 80.4 Å². The fourth-order valence-electron chi connectivity index (χ4n) is 0.230. The Labute approximate surface area is 66.4 Å². The van der Waals surface area contributed by atoms with E-state index >= 15 is 0 Å². The molecular formula is C7H15NO3. The fourth-order valence-corrected chi connectivity index (χ4v) is 0.230. The summed E-state index contributed by atoms with van der Waals surface area (Å²) in [4.78, 5) is 19.6. The van der Waals surface area contributed by atoms with Crippen molar-refractivity contribution in [2.45, 2.75) is 33.1 Å². The van der Waals surface area contributed by atoms with Gasteiger partial charge in [0.25, 0.3) is 0 Å². The zero-order valence-electron chi connectivity index (χ0n) is 6.96. The Kier molecular flexibility index (Phi) is 10.2. The van der Waals surface area contributed by atoms with E-state index in [9.17, 15) is 9.59 Å². The van der Waals surface area contributed by atoms with Crippen LogP contribution < -0.4 is 5.73 Å². The van der Waals surface area contributed by atoms with Crippen LogP contribution in [0.1, 0.15) is 33.1 Å². The number of hydrogen-bond acceptors (Lipinski definition) is 2. The first kappa shape index (κ1) is 12.6. The molecule has 4 heteroatoms. The van der Waals surface area contributed by atoms with E-state index in [-0.39, 0.29) is 12.8 Å². The number of primary amides is 1. The molecule has 0 rings (SSSR count). The Bertz CT molecular complexity index is 109. The van der Waals surface area contributed by atoms with Gasteiger partial charge in [0.05, 0.1) is 6.42 Å². The molecule has 1 amide bonds. The van der Waals surface area contributed by atoms with Crippen LogP contribution in [0.2, 0.25) is 0 Å². The van der Waals surface area contributed by atoms with Crippen molar-refractivity contribution in [2.24, 2.45) is 5.73 Å². The van der Waals surface area contributed by atoms with E-state index in [4.69, 9.17) is 5.11 Å². The van der Waals surface area contributed by atoms with Crippen molar-refractivity contribution in [3.8, 4) is 0 Å². The monoisotopic (exact) mass is 161 g/mol. The minimum absolute atomic E-state index is 0.0741. The molecule has 11 heavy (non-hydrogen) atoms. The van der Waals surface area contributed by atoms with Crippen molar-refractivity contribution in [3.05, 3.63) is 0 Å². The molecule has 0 spiro atoms. The Morgan fingerprint density at radius 1 is 1.27 bits per heavy atom. The van der Waals surface area contributed by atoms with Crippen molar-refractivity contribution in [1.82, 2.24) is 0 Å². The van der Waals surface area contributed by atoms with Crippen LogP contribution in [-0.2, 0) is 9.59 Å². The second-order valence-electron chi connectivity index (χ2n) is 2.07. The molecule has 66 valence electrons. The van der Waals surface area contributed by atoms with E-state index in [2.05, 4.69) is 19.6 Å². The van der Waals surface area contributed by atoms with Crippen LogP contribution >= 0.6 is 0 Å². The lowest BCUT2D eigenvalue weighted by Gasteiger charge is -1.86. The van der Waals surface area contributed by atoms with E-state index in [0.717, 1.165) is 0 Å². The van der Waals surface area contributed by atoms with Gasteiger partial charge in [-0.15, -0.1) is 0 Å². The van der Waals surface area contributed by atoms with Crippen molar-refractivity contribution >= 4 is 11.9 Å². The van der Waals surface area contributed by atoms with Crippen molar-refractivity contribution in [2.75, 3.05) is 0 Å². The second kappa shape index (κ2) is 8.94. The van der Waals surface area contributed by atoms with Gasteiger partial charge in [0.1, 0.15) is 0 Å². The van der Waals surface area contributed by atoms with Crippen LogP contribution in [0.15, 0.2) is 0 Å². The number of carboxylic acids is 1. The summed E-state index contributed by atoms with van der Waals surface area (Å²) in [7, 11) is 0. The van der Waals surface area contributed by atoms with Gasteiger partial charge >= 0.3 is 5.97 Å². The predicted molar refractivity (Wildman–Crippen MR) is 42.0 cm³/mol. The number of nitrogens with two attached hydrogens (primary N) is 1. The van der Waals surface area contributed by atoms with Crippen LogP contribution in [0.3, 0.4) is 0 Å². The summed E-state index contributed by atoms with van der Waals surface area (Å²) < 4.78 is 0. The summed E-state index contributed by atoms with van der Waals surface area (Å²) in [6.07, 6.45) is 1.00. The molecule has 0 aliphatic carbocycles. The molecule has 0 fully saturated rings. The van der Waals surface area contributed by atoms with Crippen LogP contribution in [0.4, 0.5) is 0 Å². The highest BCUT2D eigenvalue weighted by atomic mass is 16.4. The highest BCUT2D eigenvalue weighted by Gasteiger charge is 1.98. The summed E-state index contributed by atoms with van der Waals surface area (Å²) in [6.45, 7) is 4.25. The third-order valence-corrected chi connectivity index (χ3v) is 0.585. The maximum absolute atomic E-state index is 9.86. The van der Waals surface area contributed by atoms with Gasteiger partial charge in [0, 0.05) is 6.42 Å². The van der Waals surface area contributed by atoms with E-state index < -0.39 is 11.9 Å². The molecule has 0 atom stereocenters. The van der Waals surface area contributed by atoms with E-state index in [1.54, 1.807) is 0 Å². The van der Waals surface area contributed by atoms with Gasteiger partial charge in [-0.2, -0.15) is 0 Å². The Morgan fingerprint density at radius 2 is 1.64 bits per heavy atom. The standard InChI is InChI=1S/C4H7NO3.C3H8/c5-3(6)1-2-4(7)8;1-3-2/h1-2H2,(H2,5,6)(H,7,8);3H2,1-2H3. The van der Waals surface area contributed by atoms with Crippen LogP contribution in [0.25, 0.3) is 0 Å². The SMILES string of the molecule is CCC.NC(=O)CCC(=O)O. The van der Waals surface area contributed by atoms with Crippen molar-refractivity contribution in [3.63, 3.8) is 0 Å². The highest BCUT2D eigenvalue weighted by Crippen LogP contribution is 1.84. The van der Waals surface area contributed by atoms with Gasteiger partial charge in [-0.1, -0.05) is 20.3 Å². The molecule has 0 unspecified atom stereocenters. The smallest absolute Gasteiger partial charge is 0.303 e. The maximum Gasteiger partial charge on any atom is 0.303 e. The zero-order valence-corrected chi connectivity index (χ0v) is 6.96. The van der Waals surface area contributed by atoms with Gasteiger partial charge in [0.15, 0.2) is 0 Å². The van der Waals surface area contributed by atoms with Gasteiger partial charge in [0.2, 0.25) is 5.91 Å². The minimum atomic E-state index is -0.996. The van der Waals surface area contributed by atoms with Crippen LogP contribution in [-0.4, -0.2) is 17.0 Å². The molecule has 0 saturated heterocycles. The Hall–Kier alpha value is -1.06. The Morgan fingerprint density at radius 3 is 1.73 bits per heavy atom. The normalized spacial score (nSPS) is 7.82. The zero-order chi connectivity index (χ0) is 9.28. The number of rotatable bonds is 3. The van der Waals surface area contributed by atoms with E-state index in [0.29, 0.717) is 0 Å². The van der Waals surface area contributed by atoms with Gasteiger partial charge in [-0.25, -0.2) is 0 Å². The first-order chi connectivity index (χ1) is 5.04. The predicted octanol–water partition coefficient (Wildman–Crippen LogP) is 0.753. The molecule has 0 saturated carbocycles. The molecule has 0 aromatic carbocycles. The van der Waals surface area contributed by atoms with Gasteiger partial charge < -0.3 is 10.8 Å². The number of aliphatic carboxylic acids is 1. The van der Waals surface area contributed by atoms with Crippen molar-refractivity contribution in [1.29, 1.82) is 0 Å². The molecular weight excluding hydrogens is 146 g/mol. The number of carbonyl (C=O) groups is 2. The molecule has 0 bridgehead atoms. The molecule has 0 radical (unpaired) electrons. The average molecular weight is 161 g/mol. The first-order valence-corrected chi connectivity index (χ1v) is 3.54. The summed E-state index contributed by atoms with van der Waals surface area (Å²) in [5.74, 6) is -1.57. The summed E-state index contributed by atoms with van der Waals surface area (Å²) in [6, 6.07) is 0. The molecule has 0 aromatic heterocycles. The molecule has 0 heterocycles. The molecule has 0 aromatic rings. The molecule has 3 N–H and O–H groups in total. The molecule has 4 nitrogen and oxygen atoms in total. The van der Waals surface area contributed by atoms with E-state index in [1.807, 2.05) is 0 Å². The number of carboxylic acid groups (broad SMARTS) is 1. The largest absolute Gasteiger partial charge is 0.481 e.